The van der Waals surface area contributed by atoms with Gasteiger partial charge in [0.2, 0.25) is 0 Å². The van der Waals surface area contributed by atoms with Crippen LogP contribution in [0.15, 0.2) is 119 Å². The van der Waals surface area contributed by atoms with E-state index in [2.05, 4.69) is 109 Å². The van der Waals surface area contributed by atoms with Gasteiger partial charge in [-0.3, -0.25) is 9.98 Å². The molecule has 168 valence electrons. The minimum Gasteiger partial charge on any atom is -0.252 e. The van der Waals surface area contributed by atoms with E-state index in [0.717, 1.165) is 24.2 Å². The topological polar surface area (TPSA) is 24.7 Å². The third kappa shape index (κ3) is 2.73. The van der Waals surface area contributed by atoms with Crippen LogP contribution in [0.1, 0.15) is 35.1 Å². The molecular formula is C34H22N2. The largest absolute Gasteiger partial charge is 0.252 e. The molecule has 2 heteroatoms. The van der Waals surface area contributed by atoms with Crippen LogP contribution in [0.3, 0.4) is 0 Å². The van der Waals surface area contributed by atoms with Gasteiger partial charge < -0.3 is 0 Å². The molecule has 2 heterocycles. The second kappa shape index (κ2) is 7.47. The lowest BCUT2D eigenvalue weighted by Crippen LogP contribution is -2.05. The molecule has 2 aliphatic carbocycles. The fourth-order valence-electron chi connectivity index (χ4n) is 6.12. The van der Waals surface area contributed by atoms with E-state index in [1.807, 2.05) is 0 Å². The maximum atomic E-state index is 5.09. The first-order valence-electron chi connectivity index (χ1n) is 12.6. The summed E-state index contributed by atoms with van der Waals surface area (Å²) in [6.45, 7) is 0. The van der Waals surface area contributed by atoms with Crippen molar-refractivity contribution < 1.29 is 0 Å². The molecule has 0 atom stereocenters. The van der Waals surface area contributed by atoms with Crippen LogP contribution >= 0.6 is 0 Å². The summed E-state index contributed by atoms with van der Waals surface area (Å²) in [5.74, 6) is 0. The van der Waals surface area contributed by atoms with Crippen molar-refractivity contribution in [1.29, 1.82) is 0 Å². The van der Waals surface area contributed by atoms with Gasteiger partial charge in [0.1, 0.15) is 0 Å². The molecule has 0 fully saturated rings. The van der Waals surface area contributed by atoms with Gasteiger partial charge in [0.25, 0.3) is 0 Å². The zero-order valence-electron chi connectivity index (χ0n) is 19.7. The smallest absolute Gasteiger partial charge is 0.0719 e. The molecule has 8 rings (SSSR count). The molecule has 0 bridgehead atoms. The molecule has 2 aliphatic heterocycles. The number of allylic oxidation sites excluding steroid dienone is 8. The second-order valence-electron chi connectivity index (χ2n) is 9.65. The minimum atomic E-state index is 0.869. The average Bonchev–Trinajstić information content (AvgIpc) is 3.52. The van der Waals surface area contributed by atoms with Gasteiger partial charge in [0.05, 0.1) is 22.8 Å². The van der Waals surface area contributed by atoms with Crippen LogP contribution in [-0.4, -0.2) is 11.4 Å². The highest BCUT2D eigenvalue weighted by Gasteiger charge is 2.31. The van der Waals surface area contributed by atoms with Crippen LogP contribution in [0.2, 0.25) is 0 Å². The molecule has 36 heavy (non-hydrogen) atoms. The minimum absolute atomic E-state index is 0.869. The second-order valence-corrected chi connectivity index (χ2v) is 9.65. The van der Waals surface area contributed by atoms with Crippen molar-refractivity contribution in [3.63, 3.8) is 0 Å². The molecule has 0 amide bonds. The molecule has 0 saturated heterocycles. The van der Waals surface area contributed by atoms with Crippen molar-refractivity contribution in [2.75, 3.05) is 0 Å². The van der Waals surface area contributed by atoms with E-state index in [0.29, 0.717) is 0 Å². The number of rotatable bonds is 2. The molecule has 0 radical (unpaired) electrons. The molecule has 0 saturated carbocycles. The summed E-state index contributed by atoms with van der Waals surface area (Å²) in [5.41, 5.74) is 14.6. The third-order valence-corrected chi connectivity index (χ3v) is 7.64. The molecule has 4 aliphatic rings. The Morgan fingerprint density at radius 1 is 0.472 bits per heavy atom. The summed E-state index contributed by atoms with van der Waals surface area (Å²) in [7, 11) is 0. The Balaban J connectivity index is 1.42. The van der Waals surface area contributed by atoms with Crippen molar-refractivity contribution in [2.24, 2.45) is 9.98 Å². The molecule has 0 spiro atoms. The quantitative estimate of drug-likeness (QED) is 0.287. The van der Waals surface area contributed by atoms with Crippen LogP contribution in [0.4, 0.5) is 11.4 Å². The van der Waals surface area contributed by atoms with Gasteiger partial charge in [-0.25, -0.2) is 0 Å². The van der Waals surface area contributed by atoms with E-state index in [9.17, 15) is 0 Å². The van der Waals surface area contributed by atoms with E-state index in [4.69, 9.17) is 9.98 Å². The van der Waals surface area contributed by atoms with E-state index >= 15 is 0 Å². The van der Waals surface area contributed by atoms with Gasteiger partial charge in [-0.2, -0.15) is 0 Å². The van der Waals surface area contributed by atoms with Gasteiger partial charge in [-0.15, -0.1) is 0 Å². The van der Waals surface area contributed by atoms with E-state index in [1.54, 1.807) is 0 Å². The van der Waals surface area contributed by atoms with Crippen LogP contribution in [0.5, 0.6) is 0 Å². The zero-order chi connectivity index (χ0) is 23.6. The number of hydrogen-bond donors (Lipinski definition) is 0. The fraction of sp³-hybridized carbons (Fsp3) is 0.0588. The Morgan fingerprint density at radius 3 is 1.36 bits per heavy atom. The molecule has 4 aromatic carbocycles. The number of aliphatic imine (C=N–C) groups is 2. The Bertz CT molecular complexity index is 1660. The molecule has 4 aromatic rings. The first kappa shape index (κ1) is 19.7. The Hall–Kier alpha value is -4.56. The highest BCUT2D eigenvalue weighted by atomic mass is 14.8. The normalized spacial score (nSPS) is 17.1. The first-order valence-corrected chi connectivity index (χ1v) is 12.6. The molecule has 0 N–H and O–H groups in total. The predicted molar refractivity (Wildman–Crippen MR) is 152 cm³/mol. The molecule has 2 nitrogen and oxygen atoms in total. The molecule has 0 unspecified atom stereocenters. The number of nitrogens with zero attached hydrogens (tertiary/aromatic N) is 2. The monoisotopic (exact) mass is 458 g/mol. The van der Waals surface area contributed by atoms with E-state index in [-0.39, 0.29) is 0 Å². The summed E-state index contributed by atoms with van der Waals surface area (Å²) in [6.07, 6.45) is 10.8. The SMILES string of the molecule is C1=CC(c2ccccc2)=C2C(=Nc3ccc4c5c(ccc4c32)N=C2CC=CC(c3ccccc3)=C25)C1. The standard InChI is InChI=1S/C34H22N2/c1-3-9-21(10-4-1)23-13-7-15-27-31(23)33-25-17-20-30-34(26(25)18-19-29(33)35-27)32-24(14-8-16-28(32)36-30)22-11-5-2-6-12-22/h1-14,17-20H,15-16H2. The van der Waals surface area contributed by atoms with E-state index < -0.39 is 0 Å². The zero-order valence-corrected chi connectivity index (χ0v) is 19.7. The highest BCUT2D eigenvalue weighted by Crippen LogP contribution is 2.51. The van der Waals surface area contributed by atoms with Crippen LogP contribution in [-0.2, 0) is 0 Å². The van der Waals surface area contributed by atoms with Crippen LogP contribution < -0.4 is 0 Å². The Kier molecular flexibility index (Phi) is 4.09. The van der Waals surface area contributed by atoms with Crippen LogP contribution in [0, 0.1) is 0 Å². The lowest BCUT2D eigenvalue weighted by atomic mass is 9.83. The summed E-state index contributed by atoms with van der Waals surface area (Å²) in [6, 6.07) is 30.3. The number of benzene rings is 4. The number of fused-ring (bicyclic) bond motifs is 9. The Labute approximate surface area is 210 Å². The average molecular weight is 459 g/mol. The van der Waals surface area contributed by atoms with E-state index in [1.165, 1.54) is 66.7 Å². The predicted octanol–water partition coefficient (Wildman–Crippen LogP) is 8.75. The van der Waals surface area contributed by atoms with Crippen molar-refractivity contribution >= 4 is 55.9 Å². The lowest BCUT2D eigenvalue weighted by molar-refractivity contribution is 1.44. The lowest BCUT2D eigenvalue weighted by Gasteiger charge is -2.19. The maximum Gasteiger partial charge on any atom is 0.0719 e. The Morgan fingerprint density at radius 2 is 0.917 bits per heavy atom. The molecule has 0 aromatic heterocycles. The summed E-state index contributed by atoms with van der Waals surface area (Å²) >= 11 is 0. The van der Waals surface area contributed by atoms with Crippen molar-refractivity contribution in [1.82, 2.24) is 0 Å². The van der Waals surface area contributed by atoms with Gasteiger partial charge in [0, 0.05) is 35.1 Å². The summed E-state index contributed by atoms with van der Waals surface area (Å²) in [4.78, 5) is 10.2. The van der Waals surface area contributed by atoms with Gasteiger partial charge >= 0.3 is 0 Å². The van der Waals surface area contributed by atoms with Crippen molar-refractivity contribution in [3.05, 3.63) is 131 Å². The molecular weight excluding hydrogens is 436 g/mol. The third-order valence-electron chi connectivity index (χ3n) is 7.64. The van der Waals surface area contributed by atoms with Crippen molar-refractivity contribution in [3.8, 4) is 0 Å². The van der Waals surface area contributed by atoms with Gasteiger partial charge in [-0.1, -0.05) is 97.1 Å². The maximum absolute atomic E-state index is 5.09. The summed E-state index contributed by atoms with van der Waals surface area (Å²) < 4.78 is 0. The number of hydrogen-bond acceptors (Lipinski definition) is 2. The first-order chi connectivity index (χ1) is 17.9. The summed E-state index contributed by atoms with van der Waals surface area (Å²) in [5, 5.41) is 2.52. The van der Waals surface area contributed by atoms with Crippen LogP contribution in [0.25, 0.3) is 33.1 Å². The fourth-order valence-corrected chi connectivity index (χ4v) is 6.12. The highest BCUT2D eigenvalue weighted by molar-refractivity contribution is 6.42. The van der Waals surface area contributed by atoms with Gasteiger partial charge in [0.15, 0.2) is 0 Å². The van der Waals surface area contributed by atoms with Crippen molar-refractivity contribution in [2.45, 2.75) is 12.8 Å². The van der Waals surface area contributed by atoms with Gasteiger partial charge in [-0.05, 0) is 45.2 Å².